The Morgan fingerprint density at radius 3 is 2.92 bits per heavy atom. The largest absolute Gasteiger partial charge is 0.417 e. The van der Waals surface area contributed by atoms with E-state index in [1.807, 2.05) is 0 Å². The number of carbonyl (C=O) groups excluding carboxylic acids is 1. The van der Waals surface area contributed by atoms with Crippen LogP contribution in [0, 0.1) is 6.92 Å². The number of rotatable bonds is 7. The first-order chi connectivity index (χ1) is 12.0. The lowest BCUT2D eigenvalue weighted by molar-refractivity contribution is -0.117. The number of aromatic nitrogens is 2. The molecular weight excluding hydrogens is 324 g/mol. The first-order valence-corrected chi connectivity index (χ1v) is 8.18. The summed E-state index contributed by atoms with van der Waals surface area (Å²) in [5, 5.41) is 9.74. The van der Waals surface area contributed by atoms with Gasteiger partial charge in [0.1, 0.15) is 11.8 Å². The van der Waals surface area contributed by atoms with Gasteiger partial charge in [0, 0.05) is 11.8 Å². The van der Waals surface area contributed by atoms with E-state index in [4.69, 9.17) is 8.94 Å². The minimum atomic E-state index is -0.506. The molecule has 3 aromatic rings. The average molecular weight is 344 g/mol. The molecule has 0 aliphatic rings. The van der Waals surface area contributed by atoms with Crippen LogP contribution in [0.1, 0.15) is 31.9 Å². The topological polar surface area (TPSA) is 113 Å². The zero-order valence-corrected chi connectivity index (χ0v) is 14.1. The third kappa shape index (κ3) is 4.09. The highest BCUT2D eigenvalue weighted by Gasteiger charge is 2.19. The Hall–Kier alpha value is -3.03. The molecular formula is C17H20N4O4. The van der Waals surface area contributed by atoms with Crippen molar-refractivity contribution in [1.29, 1.82) is 0 Å². The number of hydrogen-bond acceptors (Lipinski definition) is 6. The number of aromatic amines is 1. The second-order valence-corrected chi connectivity index (χ2v) is 5.88. The quantitative estimate of drug-likeness (QED) is 0.607. The smallest absolute Gasteiger partial charge is 0.408 e. The number of aryl methyl sites for hydroxylation is 1. The second kappa shape index (κ2) is 7.25. The predicted octanol–water partition coefficient (Wildman–Crippen LogP) is 3.03. The number of fused-ring (bicyclic) bond motifs is 1. The van der Waals surface area contributed by atoms with E-state index in [0.29, 0.717) is 29.1 Å². The van der Waals surface area contributed by atoms with E-state index in [1.165, 1.54) is 0 Å². The molecule has 8 heteroatoms. The first-order valence-electron chi connectivity index (χ1n) is 8.18. The minimum Gasteiger partial charge on any atom is -0.408 e. The molecule has 0 aliphatic carbocycles. The number of unbranched alkanes of at least 4 members (excludes halogenated alkanes) is 1. The molecule has 0 saturated heterocycles. The van der Waals surface area contributed by atoms with Gasteiger partial charge in [0.05, 0.1) is 5.52 Å². The van der Waals surface area contributed by atoms with Crippen LogP contribution in [0.25, 0.3) is 11.1 Å². The fourth-order valence-electron chi connectivity index (χ4n) is 2.56. The lowest BCUT2D eigenvalue weighted by Gasteiger charge is -2.18. The Morgan fingerprint density at radius 2 is 2.20 bits per heavy atom. The van der Waals surface area contributed by atoms with Crippen LogP contribution in [0.4, 0.5) is 11.5 Å². The molecule has 0 spiro atoms. The summed E-state index contributed by atoms with van der Waals surface area (Å²) in [5.74, 6) is 0.319. The summed E-state index contributed by atoms with van der Waals surface area (Å²) >= 11 is 0. The normalized spacial score (nSPS) is 12.2. The highest BCUT2D eigenvalue weighted by atomic mass is 16.5. The molecule has 0 saturated carbocycles. The van der Waals surface area contributed by atoms with Gasteiger partial charge in [0.15, 0.2) is 11.4 Å². The summed E-state index contributed by atoms with van der Waals surface area (Å²) < 4.78 is 9.95. The van der Waals surface area contributed by atoms with E-state index >= 15 is 0 Å². The Balaban J connectivity index is 1.76. The zero-order chi connectivity index (χ0) is 17.8. The Kier molecular flexibility index (Phi) is 4.87. The van der Waals surface area contributed by atoms with E-state index in [0.717, 1.165) is 18.5 Å². The van der Waals surface area contributed by atoms with E-state index < -0.39 is 11.8 Å². The number of amides is 1. The third-order valence-electron chi connectivity index (χ3n) is 3.80. The fraction of sp³-hybridized carbons (Fsp3) is 0.353. The molecule has 3 rings (SSSR count). The molecule has 2 heterocycles. The van der Waals surface area contributed by atoms with Gasteiger partial charge in [0.2, 0.25) is 5.91 Å². The standard InChI is InChI=1S/C17H20N4O4/c1-3-4-5-12(16(22)20-15-8-10(2)25-21-15)18-11-6-7-14-13(9-11)19-17(23)24-14/h6-9,12,18H,3-5H2,1-2H3,(H,19,23)(H,20,21,22). The van der Waals surface area contributed by atoms with E-state index in [-0.39, 0.29) is 5.91 Å². The summed E-state index contributed by atoms with van der Waals surface area (Å²) in [5.41, 5.74) is 1.78. The highest BCUT2D eigenvalue weighted by Crippen LogP contribution is 2.19. The molecule has 1 atom stereocenters. The van der Waals surface area contributed by atoms with Gasteiger partial charge in [0.25, 0.3) is 0 Å². The maximum Gasteiger partial charge on any atom is 0.417 e. The predicted molar refractivity (Wildman–Crippen MR) is 93.6 cm³/mol. The van der Waals surface area contributed by atoms with E-state index in [1.54, 1.807) is 31.2 Å². The molecule has 0 bridgehead atoms. The summed E-state index contributed by atoms with van der Waals surface area (Å²) in [6.07, 6.45) is 2.54. The van der Waals surface area contributed by atoms with E-state index in [2.05, 4.69) is 27.7 Å². The van der Waals surface area contributed by atoms with Crippen molar-refractivity contribution in [2.75, 3.05) is 10.6 Å². The molecule has 132 valence electrons. The van der Waals surface area contributed by atoms with Gasteiger partial charge in [-0.25, -0.2) is 4.79 Å². The minimum absolute atomic E-state index is 0.192. The number of carbonyl (C=O) groups is 1. The summed E-state index contributed by atoms with van der Waals surface area (Å²) in [7, 11) is 0. The lowest BCUT2D eigenvalue weighted by atomic mass is 10.1. The Labute approximate surface area is 143 Å². The lowest BCUT2D eigenvalue weighted by Crippen LogP contribution is -2.34. The molecule has 8 nitrogen and oxygen atoms in total. The van der Waals surface area contributed by atoms with Crippen molar-refractivity contribution in [3.8, 4) is 0 Å². The molecule has 2 aromatic heterocycles. The van der Waals surface area contributed by atoms with Gasteiger partial charge < -0.3 is 19.6 Å². The molecule has 0 fully saturated rings. The molecule has 25 heavy (non-hydrogen) atoms. The number of oxazole rings is 1. The zero-order valence-electron chi connectivity index (χ0n) is 14.1. The van der Waals surface area contributed by atoms with Crippen molar-refractivity contribution in [2.45, 2.75) is 39.2 Å². The maximum atomic E-state index is 12.6. The van der Waals surface area contributed by atoms with Crippen LogP contribution >= 0.6 is 0 Å². The van der Waals surface area contributed by atoms with Crippen LogP contribution in [0.2, 0.25) is 0 Å². The number of benzene rings is 1. The molecule has 0 radical (unpaired) electrons. The van der Waals surface area contributed by atoms with Crippen molar-refractivity contribution in [3.05, 3.63) is 40.6 Å². The number of H-pyrrole nitrogens is 1. The van der Waals surface area contributed by atoms with Crippen LogP contribution in [0.5, 0.6) is 0 Å². The molecule has 1 amide bonds. The van der Waals surface area contributed by atoms with E-state index in [9.17, 15) is 9.59 Å². The van der Waals surface area contributed by atoms with Crippen molar-refractivity contribution in [3.63, 3.8) is 0 Å². The van der Waals surface area contributed by atoms with Crippen LogP contribution in [0.15, 0.2) is 38.0 Å². The van der Waals surface area contributed by atoms with Crippen LogP contribution in [-0.2, 0) is 4.79 Å². The molecule has 1 aromatic carbocycles. The van der Waals surface area contributed by atoms with Crippen molar-refractivity contribution < 1.29 is 13.7 Å². The van der Waals surface area contributed by atoms with Crippen LogP contribution in [0.3, 0.4) is 0 Å². The van der Waals surface area contributed by atoms with Gasteiger partial charge in [-0.15, -0.1) is 0 Å². The number of nitrogens with one attached hydrogen (secondary N) is 3. The Bertz CT molecular complexity index is 924. The first kappa shape index (κ1) is 16.8. The number of nitrogens with zero attached hydrogens (tertiary/aromatic N) is 1. The molecule has 0 aliphatic heterocycles. The summed E-state index contributed by atoms with van der Waals surface area (Å²) in [4.78, 5) is 26.4. The van der Waals surface area contributed by atoms with Gasteiger partial charge in [-0.1, -0.05) is 24.9 Å². The van der Waals surface area contributed by atoms with Crippen molar-refractivity contribution in [2.24, 2.45) is 0 Å². The van der Waals surface area contributed by atoms with Gasteiger partial charge in [-0.3, -0.25) is 9.78 Å². The highest BCUT2D eigenvalue weighted by molar-refractivity contribution is 5.96. The SMILES string of the molecule is CCCCC(Nc1ccc2oc(=O)[nH]c2c1)C(=O)Nc1cc(C)on1. The maximum absolute atomic E-state index is 12.6. The van der Waals surface area contributed by atoms with Crippen molar-refractivity contribution in [1.82, 2.24) is 10.1 Å². The van der Waals surface area contributed by atoms with Crippen LogP contribution < -0.4 is 16.4 Å². The van der Waals surface area contributed by atoms with Gasteiger partial charge in [-0.2, -0.15) is 0 Å². The fourth-order valence-corrected chi connectivity index (χ4v) is 2.56. The van der Waals surface area contributed by atoms with Crippen molar-refractivity contribution >= 4 is 28.5 Å². The summed E-state index contributed by atoms with van der Waals surface area (Å²) in [6, 6.07) is 6.42. The Morgan fingerprint density at radius 1 is 1.36 bits per heavy atom. The third-order valence-corrected chi connectivity index (χ3v) is 3.80. The number of hydrogen-bond donors (Lipinski definition) is 3. The number of anilines is 2. The van der Waals surface area contributed by atoms with Gasteiger partial charge >= 0.3 is 5.76 Å². The summed E-state index contributed by atoms with van der Waals surface area (Å²) in [6.45, 7) is 3.83. The monoisotopic (exact) mass is 344 g/mol. The van der Waals surface area contributed by atoms with Crippen LogP contribution in [-0.4, -0.2) is 22.1 Å². The molecule has 3 N–H and O–H groups in total. The van der Waals surface area contributed by atoms with Gasteiger partial charge in [-0.05, 0) is 31.5 Å². The second-order valence-electron chi connectivity index (χ2n) is 5.88. The average Bonchev–Trinajstić information content (AvgIpc) is 3.15. The molecule has 1 unspecified atom stereocenters.